The molecule has 1 heterocycles. The molecule has 0 aliphatic heterocycles. The molecular weight excluding hydrogens is 210 g/mol. The smallest absolute Gasteiger partial charge is 0.110 e. The number of nitrogens with one attached hydrogen (secondary N) is 1. The fourth-order valence-corrected chi connectivity index (χ4v) is 1.95. The van der Waals surface area contributed by atoms with Crippen molar-refractivity contribution in [2.45, 2.75) is 19.8 Å². The van der Waals surface area contributed by atoms with E-state index >= 15 is 0 Å². The van der Waals surface area contributed by atoms with Crippen LogP contribution in [0.4, 0.5) is 5.69 Å². The molecule has 3 heteroatoms. The summed E-state index contributed by atoms with van der Waals surface area (Å²) in [5, 5.41) is 3.48. The predicted octanol–water partition coefficient (Wildman–Crippen LogP) is 2.64. The Morgan fingerprint density at radius 1 is 1.29 bits per heavy atom. The molecule has 0 radical (unpaired) electrons. The first-order chi connectivity index (χ1) is 8.31. The van der Waals surface area contributed by atoms with Gasteiger partial charge in [0, 0.05) is 38.1 Å². The van der Waals surface area contributed by atoms with Gasteiger partial charge in [-0.3, -0.25) is 0 Å². The number of aromatic nitrogens is 2. The third-order valence-corrected chi connectivity index (χ3v) is 2.98. The van der Waals surface area contributed by atoms with Crippen LogP contribution in [0.1, 0.15) is 18.3 Å². The molecule has 3 nitrogen and oxygen atoms in total. The van der Waals surface area contributed by atoms with Gasteiger partial charge in [0.25, 0.3) is 0 Å². The second-order valence-corrected chi connectivity index (χ2v) is 4.14. The number of hydrogen-bond donors (Lipinski definition) is 1. The Kier molecular flexibility index (Phi) is 3.81. The highest BCUT2D eigenvalue weighted by atomic mass is 15.0. The van der Waals surface area contributed by atoms with Gasteiger partial charge in [-0.25, -0.2) is 4.98 Å². The molecule has 2 rings (SSSR count). The second kappa shape index (κ2) is 5.53. The van der Waals surface area contributed by atoms with Gasteiger partial charge < -0.3 is 9.88 Å². The van der Waals surface area contributed by atoms with Crippen LogP contribution in [0.2, 0.25) is 0 Å². The summed E-state index contributed by atoms with van der Waals surface area (Å²) < 4.78 is 2.06. The maximum Gasteiger partial charge on any atom is 0.110 e. The molecule has 0 atom stereocenters. The minimum atomic E-state index is 0.919. The Morgan fingerprint density at radius 3 is 2.82 bits per heavy atom. The molecule has 17 heavy (non-hydrogen) atoms. The molecule has 2 aromatic rings. The number of imidazole rings is 1. The SMILES string of the molecule is CCc1ccccc1NCCc1nccn1C. The molecule has 1 aromatic carbocycles. The van der Waals surface area contributed by atoms with Crippen LogP contribution in [-0.4, -0.2) is 16.1 Å². The molecule has 1 aromatic heterocycles. The van der Waals surface area contributed by atoms with Gasteiger partial charge in [-0.2, -0.15) is 0 Å². The van der Waals surface area contributed by atoms with E-state index in [-0.39, 0.29) is 0 Å². The first kappa shape index (κ1) is 11.7. The summed E-state index contributed by atoms with van der Waals surface area (Å²) >= 11 is 0. The van der Waals surface area contributed by atoms with Gasteiger partial charge >= 0.3 is 0 Å². The number of aryl methyl sites for hydroxylation is 2. The number of nitrogens with zero attached hydrogens (tertiary/aromatic N) is 2. The average Bonchev–Trinajstić information content (AvgIpc) is 2.76. The van der Waals surface area contributed by atoms with Gasteiger partial charge in [-0.1, -0.05) is 25.1 Å². The van der Waals surface area contributed by atoms with Crippen molar-refractivity contribution in [2.75, 3.05) is 11.9 Å². The molecule has 0 bridgehead atoms. The molecule has 0 amide bonds. The maximum absolute atomic E-state index is 4.31. The molecule has 1 N–H and O–H groups in total. The van der Waals surface area contributed by atoms with Crippen molar-refractivity contribution in [3.63, 3.8) is 0 Å². The van der Waals surface area contributed by atoms with E-state index in [1.54, 1.807) is 0 Å². The predicted molar refractivity (Wildman–Crippen MR) is 71.2 cm³/mol. The topological polar surface area (TPSA) is 29.9 Å². The van der Waals surface area contributed by atoms with Crippen molar-refractivity contribution in [1.29, 1.82) is 0 Å². The lowest BCUT2D eigenvalue weighted by atomic mass is 10.1. The Morgan fingerprint density at radius 2 is 2.12 bits per heavy atom. The zero-order valence-electron chi connectivity index (χ0n) is 10.5. The summed E-state index contributed by atoms with van der Waals surface area (Å²) in [5.41, 5.74) is 2.61. The molecule has 90 valence electrons. The lowest BCUT2D eigenvalue weighted by Crippen LogP contribution is -2.09. The van der Waals surface area contributed by atoms with Crippen LogP contribution in [0.5, 0.6) is 0 Å². The van der Waals surface area contributed by atoms with Crippen LogP contribution in [0.3, 0.4) is 0 Å². The quantitative estimate of drug-likeness (QED) is 0.854. The number of para-hydroxylation sites is 1. The van der Waals surface area contributed by atoms with E-state index in [4.69, 9.17) is 0 Å². The largest absolute Gasteiger partial charge is 0.384 e. The van der Waals surface area contributed by atoms with E-state index in [1.165, 1.54) is 11.3 Å². The molecule has 0 saturated carbocycles. The Balaban J connectivity index is 1.92. The molecule has 0 saturated heterocycles. The highest BCUT2D eigenvalue weighted by Crippen LogP contribution is 2.15. The Labute approximate surface area is 103 Å². The minimum Gasteiger partial charge on any atom is -0.384 e. The average molecular weight is 229 g/mol. The van der Waals surface area contributed by atoms with Crippen molar-refractivity contribution >= 4 is 5.69 Å². The van der Waals surface area contributed by atoms with Crippen LogP contribution in [0.25, 0.3) is 0 Å². The second-order valence-electron chi connectivity index (χ2n) is 4.14. The van der Waals surface area contributed by atoms with Gasteiger partial charge in [0.2, 0.25) is 0 Å². The van der Waals surface area contributed by atoms with Crippen molar-refractivity contribution in [3.05, 3.63) is 48.0 Å². The van der Waals surface area contributed by atoms with Gasteiger partial charge in [0.15, 0.2) is 0 Å². The number of anilines is 1. The van der Waals surface area contributed by atoms with E-state index in [0.29, 0.717) is 0 Å². The van der Waals surface area contributed by atoms with E-state index in [1.807, 2.05) is 19.4 Å². The lowest BCUT2D eigenvalue weighted by molar-refractivity contribution is 0.789. The van der Waals surface area contributed by atoms with Crippen molar-refractivity contribution in [2.24, 2.45) is 7.05 Å². The molecular formula is C14H19N3. The summed E-state index contributed by atoms with van der Waals surface area (Å²) in [4.78, 5) is 4.31. The monoisotopic (exact) mass is 229 g/mol. The maximum atomic E-state index is 4.31. The molecule has 0 fully saturated rings. The lowest BCUT2D eigenvalue weighted by Gasteiger charge is -2.10. The van der Waals surface area contributed by atoms with E-state index < -0.39 is 0 Å². The fraction of sp³-hybridized carbons (Fsp3) is 0.357. The molecule has 0 aliphatic rings. The third kappa shape index (κ3) is 2.87. The van der Waals surface area contributed by atoms with Crippen LogP contribution >= 0.6 is 0 Å². The van der Waals surface area contributed by atoms with E-state index in [0.717, 1.165) is 25.2 Å². The van der Waals surface area contributed by atoms with Crippen molar-refractivity contribution < 1.29 is 0 Å². The number of hydrogen-bond acceptors (Lipinski definition) is 2. The summed E-state index contributed by atoms with van der Waals surface area (Å²) in [6, 6.07) is 8.46. The third-order valence-electron chi connectivity index (χ3n) is 2.98. The molecule has 0 unspecified atom stereocenters. The normalized spacial score (nSPS) is 10.5. The first-order valence-corrected chi connectivity index (χ1v) is 6.09. The summed E-state index contributed by atoms with van der Waals surface area (Å²) in [6.45, 7) is 3.10. The summed E-state index contributed by atoms with van der Waals surface area (Å²) in [6.07, 6.45) is 5.83. The number of rotatable bonds is 5. The van der Waals surface area contributed by atoms with Crippen molar-refractivity contribution in [3.8, 4) is 0 Å². The van der Waals surface area contributed by atoms with Gasteiger partial charge in [-0.05, 0) is 18.1 Å². The molecule has 0 spiro atoms. The zero-order valence-corrected chi connectivity index (χ0v) is 10.5. The van der Waals surface area contributed by atoms with Crippen LogP contribution in [0.15, 0.2) is 36.7 Å². The fourth-order valence-electron chi connectivity index (χ4n) is 1.95. The zero-order chi connectivity index (χ0) is 12.1. The summed E-state index contributed by atoms with van der Waals surface area (Å²) in [7, 11) is 2.03. The Bertz CT molecular complexity index is 474. The van der Waals surface area contributed by atoms with E-state index in [9.17, 15) is 0 Å². The van der Waals surface area contributed by atoms with Crippen LogP contribution in [0, 0.1) is 0 Å². The van der Waals surface area contributed by atoms with Gasteiger partial charge in [0.05, 0.1) is 0 Å². The van der Waals surface area contributed by atoms with Gasteiger partial charge in [0.1, 0.15) is 5.82 Å². The first-order valence-electron chi connectivity index (χ1n) is 6.09. The van der Waals surface area contributed by atoms with E-state index in [2.05, 4.69) is 46.1 Å². The Hall–Kier alpha value is -1.77. The standard InChI is InChI=1S/C14H19N3/c1-3-12-6-4-5-7-13(12)15-9-8-14-16-10-11-17(14)2/h4-7,10-11,15H,3,8-9H2,1-2H3. The number of benzene rings is 1. The van der Waals surface area contributed by atoms with Crippen LogP contribution < -0.4 is 5.32 Å². The minimum absolute atomic E-state index is 0.919. The molecule has 0 aliphatic carbocycles. The highest BCUT2D eigenvalue weighted by molar-refractivity contribution is 5.51. The van der Waals surface area contributed by atoms with Crippen LogP contribution in [-0.2, 0) is 19.9 Å². The van der Waals surface area contributed by atoms with Crippen molar-refractivity contribution in [1.82, 2.24) is 9.55 Å². The summed E-state index contributed by atoms with van der Waals surface area (Å²) in [5.74, 6) is 1.12. The van der Waals surface area contributed by atoms with Gasteiger partial charge in [-0.15, -0.1) is 0 Å². The highest BCUT2D eigenvalue weighted by Gasteiger charge is 2.01.